The Hall–Kier alpha value is -1.88. The molecule has 20 heavy (non-hydrogen) atoms. The van der Waals surface area contributed by atoms with Crippen molar-refractivity contribution in [2.24, 2.45) is 0 Å². The topological polar surface area (TPSA) is 46.8 Å². The van der Waals surface area contributed by atoms with Crippen LogP contribution >= 0.6 is 0 Å². The van der Waals surface area contributed by atoms with E-state index in [1.54, 1.807) is 12.3 Å². The van der Waals surface area contributed by atoms with Gasteiger partial charge in [-0.05, 0) is 38.1 Å². The summed E-state index contributed by atoms with van der Waals surface area (Å²) in [4.78, 5) is 18.7. The summed E-state index contributed by atoms with van der Waals surface area (Å²) in [5.41, 5.74) is 2.50. The van der Waals surface area contributed by atoms with Gasteiger partial charge in [0, 0.05) is 12.4 Å². The van der Waals surface area contributed by atoms with Crippen molar-refractivity contribution in [3.63, 3.8) is 0 Å². The van der Waals surface area contributed by atoms with E-state index < -0.39 is 0 Å². The van der Waals surface area contributed by atoms with Crippen LogP contribution < -0.4 is 0 Å². The predicted molar refractivity (Wildman–Crippen MR) is 75.8 cm³/mol. The molecule has 1 saturated heterocycles. The van der Waals surface area contributed by atoms with Gasteiger partial charge in [0.25, 0.3) is 0 Å². The highest BCUT2D eigenvalue weighted by molar-refractivity contribution is 5.89. The van der Waals surface area contributed by atoms with Gasteiger partial charge in [0.1, 0.15) is 5.65 Å². The Bertz CT molecular complexity index is 635. The number of carbonyl (C=O) groups is 1. The van der Waals surface area contributed by atoms with E-state index in [0.29, 0.717) is 11.6 Å². The molecule has 3 heterocycles. The average molecular weight is 273 g/mol. The second-order valence-corrected chi connectivity index (χ2v) is 5.13. The normalized spacial score (nSPS) is 19.6. The third kappa shape index (κ3) is 2.18. The van der Waals surface area contributed by atoms with Gasteiger partial charge in [-0.3, -0.25) is 4.90 Å². The van der Waals surface area contributed by atoms with Gasteiger partial charge in [-0.2, -0.15) is 0 Å². The number of likely N-dealkylation sites (tertiary alicyclic amines) is 1. The zero-order valence-electron chi connectivity index (χ0n) is 11.9. The minimum Gasteiger partial charge on any atom is -0.465 e. The minimum atomic E-state index is -0.321. The maximum atomic E-state index is 11.6. The van der Waals surface area contributed by atoms with Crippen LogP contribution in [0.5, 0.6) is 0 Å². The highest BCUT2D eigenvalue weighted by atomic mass is 16.5. The lowest BCUT2D eigenvalue weighted by Crippen LogP contribution is -2.22. The number of rotatable bonds is 3. The molecule has 5 nitrogen and oxygen atoms in total. The third-order valence-corrected chi connectivity index (χ3v) is 4.00. The Morgan fingerprint density at radius 3 is 3.05 bits per heavy atom. The van der Waals surface area contributed by atoms with Crippen molar-refractivity contribution in [1.82, 2.24) is 14.3 Å². The molecule has 2 aromatic heterocycles. The Morgan fingerprint density at radius 1 is 1.45 bits per heavy atom. The molecule has 0 aliphatic carbocycles. The molecule has 0 N–H and O–H groups in total. The van der Waals surface area contributed by atoms with Crippen LogP contribution in [0, 0.1) is 0 Å². The molecule has 0 saturated carbocycles. The monoisotopic (exact) mass is 273 g/mol. The predicted octanol–water partition coefficient (Wildman–Crippen LogP) is 2.28. The van der Waals surface area contributed by atoms with Gasteiger partial charge in [0.15, 0.2) is 0 Å². The smallest absolute Gasteiger partial charge is 0.339 e. The molecule has 1 aliphatic rings. The molecule has 0 spiro atoms. The van der Waals surface area contributed by atoms with E-state index in [1.807, 2.05) is 16.7 Å². The first-order valence-corrected chi connectivity index (χ1v) is 7.04. The van der Waals surface area contributed by atoms with Gasteiger partial charge in [0.05, 0.1) is 24.4 Å². The number of ether oxygens (including phenoxy) is 1. The van der Waals surface area contributed by atoms with Crippen molar-refractivity contribution in [2.45, 2.75) is 25.8 Å². The lowest BCUT2D eigenvalue weighted by atomic mass is 10.1. The van der Waals surface area contributed by atoms with Crippen molar-refractivity contribution in [1.29, 1.82) is 0 Å². The third-order valence-electron chi connectivity index (χ3n) is 4.00. The summed E-state index contributed by atoms with van der Waals surface area (Å²) in [7, 11) is 1.39. The molecule has 1 fully saturated rings. The Balaban J connectivity index is 1.96. The highest BCUT2D eigenvalue weighted by Gasteiger charge is 2.26. The number of methoxy groups -OCH3 is 1. The van der Waals surface area contributed by atoms with Crippen LogP contribution in [0.25, 0.3) is 5.65 Å². The Morgan fingerprint density at radius 2 is 2.30 bits per heavy atom. The Kier molecular flexibility index (Phi) is 3.44. The molecule has 0 bridgehead atoms. The van der Waals surface area contributed by atoms with Crippen LogP contribution in [-0.4, -0.2) is 40.5 Å². The molecule has 0 radical (unpaired) electrons. The largest absolute Gasteiger partial charge is 0.465 e. The molecule has 2 aromatic rings. The van der Waals surface area contributed by atoms with Crippen molar-refractivity contribution in [2.75, 3.05) is 20.2 Å². The first-order valence-electron chi connectivity index (χ1n) is 7.04. The van der Waals surface area contributed by atoms with Gasteiger partial charge in [-0.1, -0.05) is 6.92 Å². The van der Waals surface area contributed by atoms with E-state index in [1.165, 1.54) is 13.5 Å². The zero-order chi connectivity index (χ0) is 14.1. The van der Waals surface area contributed by atoms with Crippen LogP contribution in [0.3, 0.4) is 0 Å². The summed E-state index contributed by atoms with van der Waals surface area (Å²) in [5, 5.41) is 0. The maximum absolute atomic E-state index is 11.6. The lowest BCUT2D eigenvalue weighted by molar-refractivity contribution is 0.0600. The van der Waals surface area contributed by atoms with Gasteiger partial charge < -0.3 is 9.14 Å². The Labute approximate surface area is 118 Å². The van der Waals surface area contributed by atoms with Crippen LogP contribution in [0.4, 0.5) is 0 Å². The summed E-state index contributed by atoms with van der Waals surface area (Å²) >= 11 is 0. The summed E-state index contributed by atoms with van der Waals surface area (Å²) in [6.07, 6.45) is 6.19. The van der Waals surface area contributed by atoms with E-state index in [9.17, 15) is 4.79 Å². The van der Waals surface area contributed by atoms with E-state index in [2.05, 4.69) is 16.8 Å². The standard InChI is InChI=1S/C15H19N3O2/c1-3-17-8-4-5-13(17)12-10-18-9-11(15(19)20-2)6-7-14(18)16-12/h6-7,9-10,13H,3-5,8H2,1-2H3. The van der Waals surface area contributed by atoms with E-state index in [-0.39, 0.29) is 5.97 Å². The first kappa shape index (κ1) is 13.1. The fourth-order valence-corrected chi connectivity index (χ4v) is 2.95. The molecule has 1 unspecified atom stereocenters. The summed E-state index contributed by atoms with van der Waals surface area (Å²) in [6.45, 7) is 4.37. The van der Waals surface area contributed by atoms with E-state index in [4.69, 9.17) is 4.74 Å². The van der Waals surface area contributed by atoms with Crippen molar-refractivity contribution >= 4 is 11.6 Å². The molecule has 5 heteroatoms. The number of pyridine rings is 1. The molecule has 106 valence electrons. The number of carbonyl (C=O) groups excluding carboxylic acids is 1. The number of nitrogens with zero attached hydrogens (tertiary/aromatic N) is 3. The van der Waals surface area contributed by atoms with Crippen LogP contribution in [0.1, 0.15) is 41.9 Å². The summed E-state index contributed by atoms with van der Waals surface area (Å²) in [6, 6.07) is 4.02. The number of aromatic nitrogens is 2. The number of hydrogen-bond acceptors (Lipinski definition) is 4. The fraction of sp³-hybridized carbons (Fsp3) is 0.467. The molecule has 0 amide bonds. The van der Waals surface area contributed by atoms with Crippen molar-refractivity contribution < 1.29 is 9.53 Å². The summed E-state index contributed by atoms with van der Waals surface area (Å²) < 4.78 is 6.66. The SMILES string of the molecule is CCN1CCCC1c1cn2cc(C(=O)OC)ccc2n1. The number of imidazole rings is 1. The number of esters is 1. The maximum Gasteiger partial charge on any atom is 0.339 e. The summed E-state index contributed by atoms with van der Waals surface area (Å²) in [5.74, 6) is -0.321. The molecule has 1 atom stereocenters. The van der Waals surface area contributed by atoms with Crippen LogP contribution in [0.2, 0.25) is 0 Å². The molecular formula is C15H19N3O2. The van der Waals surface area contributed by atoms with Crippen molar-refractivity contribution in [3.05, 3.63) is 35.8 Å². The van der Waals surface area contributed by atoms with E-state index >= 15 is 0 Å². The van der Waals surface area contributed by atoms with Crippen LogP contribution in [0.15, 0.2) is 24.5 Å². The second-order valence-electron chi connectivity index (χ2n) is 5.13. The number of fused-ring (bicyclic) bond motifs is 1. The molecule has 0 aromatic carbocycles. The van der Waals surface area contributed by atoms with E-state index in [0.717, 1.165) is 30.9 Å². The second kappa shape index (κ2) is 5.25. The van der Waals surface area contributed by atoms with Gasteiger partial charge in [-0.15, -0.1) is 0 Å². The van der Waals surface area contributed by atoms with Crippen molar-refractivity contribution in [3.8, 4) is 0 Å². The fourth-order valence-electron chi connectivity index (χ4n) is 2.95. The highest BCUT2D eigenvalue weighted by Crippen LogP contribution is 2.30. The van der Waals surface area contributed by atoms with Gasteiger partial charge in [-0.25, -0.2) is 9.78 Å². The van der Waals surface area contributed by atoms with Crippen LogP contribution in [-0.2, 0) is 4.74 Å². The van der Waals surface area contributed by atoms with Gasteiger partial charge in [0.2, 0.25) is 0 Å². The minimum absolute atomic E-state index is 0.321. The molecular weight excluding hydrogens is 254 g/mol. The molecule has 3 rings (SSSR count). The molecule has 1 aliphatic heterocycles. The quantitative estimate of drug-likeness (QED) is 0.805. The van der Waals surface area contributed by atoms with Gasteiger partial charge >= 0.3 is 5.97 Å². The average Bonchev–Trinajstić information content (AvgIpc) is 3.10. The number of hydrogen-bond donors (Lipinski definition) is 0. The first-order chi connectivity index (χ1) is 9.72. The lowest BCUT2D eigenvalue weighted by Gasteiger charge is -2.20. The zero-order valence-corrected chi connectivity index (χ0v) is 11.9.